The molecule has 0 aliphatic heterocycles. The van der Waals surface area contributed by atoms with Crippen LogP contribution in [0.1, 0.15) is 5.56 Å². The molecule has 3 nitrogen and oxygen atoms in total. The number of benzene rings is 1. The fourth-order valence-corrected chi connectivity index (χ4v) is 0.874. The van der Waals surface area contributed by atoms with Gasteiger partial charge in [-0.25, -0.2) is 0 Å². The van der Waals surface area contributed by atoms with Crippen molar-refractivity contribution in [3.63, 3.8) is 0 Å². The van der Waals surface area contributed by atoms with Crippen LogP contribution in [0.25, 0.3) is 0 Å². The number of para-hydroxylation sites is 1. The average molecular weight is 216 g/mol. The summed E-state index contributed by atoms with van der Waals surface area (Å²) in [5.41, 5.74) is -0.343. The second-order valence-corrected chi connectivity index (χ2v) is 2.60. The fraction of sp³-hybridized carbons (Fsp3) is 0.111. The van der Waals surface area contributed by atoms with Gasteiger partial charge in [-0.15, -0.1) is 0 Å². The van der Waals surface area contributed by atoms with Gasteiger partial charge in [0.15, 0.2) is 0 Å². The van der Waals surface area contributed by atoms with Gasteiger partial charge < -0.3 is 5.32 Å². The van der Waals surface area contributed by atoms with E-state index in [-0.39, 0.29) is 11.3 Å². The Hall–Kier alpha value is -1.85. The lowest BCUT2D eigenvalue weighted by atomic mass is 10.2. The molecule has 0 unspecified atom stereocenters. The predicted octanol–water partition coefficient (Wildman–Crippen LogP) is 1.65. The summed E-state index contributed by atoms with van der Waals surface area (Å²) in [6.07, 6.45) is -3.56. The molecule has 1 N–H and O–H groups in total. The first-order valence-electron chi connectivity index (χ1n) is 3.80. The number of halogens is 3. The Morgan fingerprint density at radius 1 is 1.27 bits per heavy atom. The van der Waals surface area contributed by atoms with E-state index in [1.54, 1.807) is 5.32 Å². The minimum atomic E-state index is -4.98. The zero-order valence-electron chi connectivity index (χ0n) is 7.26. The third kappa shape index (κ3) is 2.80. The van der Waals surface area contributed by atoms with Crippen molar-refractivity contribution in [3.05, 3.63) is 29.8 Å². The van der Waals surface area contributed by atoms with Crippen LogP contribution in [0, 0.1) is 0 Å². The number of hydrogen-bond donors (Lipinski definition) is 1. The van der Waals surface area contributed by atoms with E-state index in [0.717, 1.165) is 0 Å². The molecule has 0 aromatic heterocycles. The first-order chi connectivity index (χ1) is 6.95. The summed E-state index contributed by atoms with van der Waals surface area (Å²) in [5, 5.41) is 1.57. The molecular weight excluding hydrogens is 211 g/mol. The Balaban J connectivity index is 2.90. The molecule has 1 radical (unpaired) electrons. The lowest BCUT2D eigenvalue weighted by Gasteiger charge is -2.08. The summed E-state index contributed by atoms with van der Waals surface area (Å²) in [4.78, 5) is 20.8. The summed E-state index contributed by atoms with van der Waals surface area (Å²) in [6, 6.07) is 5.28. The Morgan fingerprint density at radius 2 is 1.87 bits per heavy atom. The molecule has 0 bridgehead atoms. The number of alkyl halides is 3. The number of carbonyl (C=O) groups is 1. The molecule has 0 fully saturated rings. The van der Waals surface area contributed by atoms with Crippen LogP contribution in [-0.2, 0) is 9.59 Å². The highest BCUT2D eigenvalue weighted by Crippen LogP contribution is 2.19. The van der Waals surface area contributed by atoms with Crippen molar-refractivity contribution in [1.29, 1.82) is 0 Å². The standard InChI is InChI=1S/C9H5F3NO2/c10-9(11,12)8(15)13-7-4-2-1-3-6(7)5-14/h1-4H,(H,13,15). The van der Waals surface area contributed by atoms with Crippen molar-refractivity contribution in [3.8, 4) is 0 Å². The highest BCUT2D eigenvalue weighted by Gasteiger charge is 2.38. The van der Waals surface area contributed by atoms with Crippen molar-refractivity contribution in [2.45, 2.75) is 6.18 Å². The second-order valence-electron chi connectivity index (χ2n) is 2.60. The van der Waals surface area contributed by atoms with Crippen molar-refractivity contribution < 1.29 is 22.8 Å². The van der Waals surface area contributed by atoms with Crippen LogP contribution < -0.4 is 5.32 Å². The Morgan fingerprint density at radius 3 is 2.40 bits per heavy atom. The van der Waals surface area contributed by atoms with Crippen molar-refractivity contribution in [2.75, 3.05) is 5.32 Å². The number of amides is 1. The third-order valence-electron chi connectivity index (χ3n) is 1.54. The Labute approximate surface area is 82.9 Å². The summed E-state index contributed by atoms with van der Waals surface area (Å²) in [6.45, 7) is 0. The molecule has 1 amide bonds. The van der Waals surface area contributed by atoms with Gasteiger partial charge in [0.1, 0.15) is 0 Å². The first kappa shape index (κ1) is 11.2. The molecule has 1 aromatic rings. The summed E-state index contributed by atoms with van der Waals surface area (Å²) >= 11 is 0. The molecule has 0 saturated heterocycles. The second kappa shape index (κ2) is 4.12. The fourth-order valence-electron chi connectivity index (χ4n) is 0.874. The van der Waals surface area contributed by atoms with Crippen LogP contribution in [0.5, 0.6) is 0 Å². The number of carbonyl (C=O) groups excluding carboxylic acids is 2. The molecule has 0 heterocycles. The van der Waals surface area contributed by atoms with Crippen molar-refractivity contribution in [1.82, 2.24) is 0 Å². The predicted molar refractivity (Wildman–Crippen MR) is 45.9 cm³/mol. The van der Waals surface area contributed by atoms with E-state index < -0.39 is 12.1 Å². The number of anilines is 1. The van der Waals surface area contributed by atoms with Gasteiger partial charge in [-0.2, -0.15) is 13.2 Å². The quantitative estimate of drug-likeness (QED) is 0.816. The maximum absolute atomic E-state index is 11.9. The topological polar surface area (TPSA) is 46.2 Å². The van der Waals surface area contributed by atoms with Gasteiger partial charge in [0, 0.05) is 5.56 Å². The summed E-state index contributed by atoms with van der Waals surface area (Å²) in [7, 11) is 0. The molecule has 0 spiro atoms. The number of hydrogen-bond acceptors (Lipinski definition) is 2. The minimum absolute atomic E-state index is 0.130. The largest absolute Gasteiger partial charge is 0.471 e. The SMILES string of the molecule is O=[C]c1ccccc1NC(=O)C(F)(F)F. The zero-order valence-corrected chi connectivity index (χ0v) is 7.26. The Kier molecular flexibility index (Phi) is 3.08. The van der Waals surface area contributed by atoms with Gasteiger partial charge in [0.25, 0.3) is 0 Å². The molecule has 0 aliphatic rings. The highest BCUT2D eigenvalue weighted by atomic mass is 19.4. The van der Waals surface area contributed by atoms with Crippen LogP contribution >= 0.6 is 0 Å². The minimum Gasteiger partial charge on any atom is -0.318 e. The lowest BCUT2D eigenvalue weighted by Crippen LogP contribution is -2.30. The van der Waals surface area contributed by atoms with Gasteiger partial charge in [-0.3, -0.25) is 9.59 Å². The van der Waals surface area contributed by atoms with Crippen LogP contribution in [0.15, 0.2) is 24.3 Å². The molecule has 1 rings (SSSR count). The average Bonchev–Trinajstić information content (AvgIpc) is 2.17. The van der Waals surface area contributed by atoms with Crippen LogP contribution in [0.4, 0.5) is 18.9 Å². The van der Waals surface area contributed by atoms with E-state index in [9.17, 15) is 22.8 Å². The van der Waals surface area contributed by atoms with Gasteiger partial charge in [-0.1, -0.05) is 12.1 Å². The maximum atomic E-state index is 11.9. The monoisotopic (exact) mass is 216 g/mol. The molecular formula is C9H5F3NO2. The van der Waals surface area contributed by atoms with Gasteiger partial charge in [0.05, 0.1) is 5.69 Å². The molecule has 0 atom stereocenters. The molecule has 0 aliphatic carbocycles. The van der Waals surface area contributed by atoms with E-state index in [2.05, 4.69) is 0 Å². The van der Waals surface area contributed by atoms with E-state index >= 15 is 0 Å². The zero-order chi connectivity index (χ0) is 11.5. The molecule has 1 aromatic carbocycles. The van der Waals surface area contributed by atoms with Crippen molar-refractivity contribution in [2.24, 2.45) is 0 Å². The molecule has 79 valence electrons. The first-order valence-corrected chi connectivity index (χ1v) is 3.80. The normalized spacial score (nSPS) is 10.9. The smallest absolute Gasteiger partial charge is 0.318 e. The number of rotatable bonds is 2. The van der Waals surface area contributed by atoms with E-state index in [1.807, 2.05) is 0 Å². The maximum Gasteiger partial charge on any atom is 0.471 e. The highest BCUT2D eigenvalue weighted by molar-refractivity contribution is 5.99. The van der Waals surface area contributed by atoms with E-state index in [1.165, 1.54) is 30.6 Å². The van der Waals surface area contributed by atoms with Gasteiger partial charge in [0.2, 0.25) is 6.29 Å². The number of nitrogens with one attached hydrogen (secondary N) is 1. The van der Waals surface area contributed by atoms with Crippen molar-refractivity contribution >= 4 is 17.9 Å². The Bertz CT molecular complexity index is 387. The van der Waals surface area contributed by atoms with Crippen LogP contribution in [0.2, 0.25) is 0 Å². The summed E-state index contributed by atoms with van der Waals surface area (Å²) < 4.78 is 35.6. The molecule has 0 saturated carbocycles. The van der Waals surface area contributed by atoms with Gasteiger partial charge >= 0.3 is 12.1 Å². The van der Waals surface area contributed by atoms with E-state index in [4.69, 9.17) is 0 Å². The van der Waals surface area contributed by atoms with Crippen LogP contribution in [-0.4, -0.2) is 18.4 Å². The molecule has 15 heavy (non-hydrogen) atoms. The third-order valence-corrected chi connectivity index (χ3v) is 1.54. The summed E-state index contributed by atoms with van der Waals surface area (Å²) in [5.74, 6) is -2.12. The van der Waals surface area contributed by atoms with E-state index in [0.29, 0.717) is 0 Å². The molecule has 6 heteroatoms. The lowest BCUT2D eigenvalue weighted by molar-refractivity contribution is -0.167. The van der Waals surface area contributed by atoms with Crippen LogP contribution in [0.3, 0.4) is 0 Å². The van der Waals surface area contributed by atoms with Gasteiger partial charge in [-0.05, 0) is 12.1 Å².